The number of hydrogen-bond donors (Lipinski definition) is 3. The van der Waals surface area contributed by atoms with E-state index in [1.54, 1.807) is 38.4 Å². The molecular weight excluding hydrogens is 457 g/mol. The van der Waals surface area contributed by atoms with Gasteiger partial charge in [-0.1, -0.05) is 29.8 Å². The number of halogens is 2. The molecule has 4 rings (SSSR count). The minimum Gasteiger partial charge on any atom is -0.345 e. The molecule has 34 heavy (non-hydrogen) atoms. The quantitative estimate of drug-likeness (QED) is 0.339. The van der Waals surface area contributed by atoms with Crippen molar-refractivity contribution in [3.63, 3.8) is 0 Å². The summed E-state index contributed by atoms with van der Waals surface area (Å²) < 4.78 is 15.2. The molecule has 0 saturated carbocycles. The lowest BCUT2D eigenvalue weighted by molar-refractivity contribution is 0.0828. The normalized spacial score (nSPS) is 10.8. The van der Waals surface area contributed by atoms with Gasteiger partial charge >= 0.3 is 0 Å². The zero-order chi connectivity index (χ0) is 24.4. The average molecular weight is 480 g/mol. The van der Waals surface area contributed by atoms with Gasteiger partial charge in [0.1, 0.15) is 10.8 Å². The number of nitrogens with one attached hydrogen (secondary N) is 3. The van der Waals surface area contributed by atoms with Gasteiger partial charge in [0.25, 0.3) is 5.91 Å². The molecule has 0 fully saturated rings. The molecule has 8 nitrogen and oxygen atoms in total. The zero-order valence-corrected chi connectivity index (χ0v) is 19.8. The predicted octanol–water partition coefficient (Wildman–Crippen LogP) is 5.47. The van der Waals surface area contributed by atoms with E-state index in [-0.39, 0.29) is 17.5 Å². The van der Waals surface area contributed by atoms with Crippen LogP contribution in [0.15, 0.2) is 48.7 Å². The maximum Gasteiger partial charge on any atom is 0.253 e. The molecule has 3 N–H and O–H groups in total. The molecule has 0 aliphatic heterocycles. The lowest BCUT2D eigenvalue weighted by Crippen LogP contribution is -2.22. The van der Waals surface area contributed by atoms with Crippen LogP contribution < -0.4 is 10.6 Å². The summed E-state index contributed by atoms with van der Waals surface area (Å²) in [6.45, 7) is 3.73. The molecule has 4 aromatic rings. The van der Waals surface area contributed by atoms with Crippen LogP contribution in [0.3, 0.4) is 0 Å². The van der Waals surface area contributed by atoms with Crippen molar-refractivity contribution in [3.8, 4) is 11.1 Å². The Morgan fingerprint density at radius 2 is 1.85 bits per heavy atom. The van der Waals surface area contributed by atoms with Crippen LogP contribution in [0.25, 0.3) is 11.1 Å². The smallest absolute Gasteiger partial charge is 0.253 e. The Bertz CT molecular complexity index is 1370. The second kappa shape index (κ2) is 9.48. The first kappa shape index (κ1) is 23.2. The zero-order valence-electron chi connectivity index (χ0n) is 19.1. The first-order valence-electron chi connectivity index (χ1n) is 10.4. The molecule has 174 valence electrons. The van der Waals surface area contributed by atoms with Crippen LogP contribution in [0.1, 0.15) is 21.6 Å². The topological polar surface area (TPSA) is 98.8 Å². The van der Waals surface area contributed by atoms with Gasteiger partial charge in [0.15, 0.2) is 11.6 Å². The lowest BCUT2D eigenvalue weighted by atomic mass is 9.94. The molecule has 0 bridgehead atoms. The largest absolute Gasteiger partial charge is 0.345 e. The van der Waals surface area contributed by atoms with E-state index in [4.69, 9.17) is 11.6 Å². The fraction of sp³-hybridized carbons (Fsp3) is 0.167. The third-order valence-corrected chi connectivity index (χ3v) is 5.39. The van der Waals surface area contributed by atoms with Gasteiger partial charge in [-0.25, -0.2) is 9.37 Å². The molecule has 2 aromatic heterocycles. The average Bonchev–Trinajstić information content (AvgIpc) is 3.22. The van der Waals surface area contributed by atoms with Gasteiger partial charge in [0.05, 0.1) is 11.9 Å². The molecule has 0 spiro atoms. The highest BCUT2D eigenvalue weighted by Gasteiger charge is 2.18. The number of H-pyrrole nitrogens is 1. The SMILES string of the molecule is Cc1cc(Nc2nc(Nc3cc(C)c(-c4ccccc4C(=O)N(C)C)cc3F)ncc2Cl)n[nH]1. The number of hydrogen-bond acceptors (Lipinski definition) is 6. The fourth-order valence-electron chi connectivity index (χ4n) is 3.45. The second-order valence-electron chi connectivity index (χ2n) is 7.97. The van der Waals surface area contributed by atoms with E-state index in [2.05, 4.69) is 30.8 Å². The minimum absolute atomic E-state index is 0.153. The molecule has 0 aliphatic rings. The van der Waals surface area contributed by atoms with E-state index < -0.39 is 5.82 Å². The number of aromatic amines is 1. The standard InChI is InChI=1S/C24H23ClFN7O/c1-13-9-20(19(26)11-17(13)15-7-5-6-8-16(15)23(34)33(3)4)28-24-27-12-18(25)22(30-24)29-21-10-14(2)31-32-21/h5-12H,1-4H3,(H3,27,28,29,30,31,32). The summed E-state index contributed by atoms with van der Waals surface area (Å²) in [6.07, 6.45) is 1.42. The molecule has 0 radical (unpaired) electrons. The Morgan fingerprint density at radius 3 is 2.56 bits per heavy atom. The monoisotopic (exact) mass is 479 g/mol. The second-order valence-corrected chi connectivity index (χ2v) is 8.38. The van der Waals surface area contributed by atoms with Crippen LogP contribution >= 0.6 is 11.6 Å². The number of rotatable bonds is 6. The van der Waals surface area contributed by atoms with Crippen molar-refractivity contribution in [3.05, 3.63) is 76.3 Å². The third kappa shape index (κ3) is 4.84. The molecule has 0 saturated heterocycles. The summed E-state index contributed by atoms with van der Waals surface area (Å²) in [5.74, 6) is 0.369. The third-order valence-electron chi connectivity index (χ3n) is 5.11. The minimum atomic E-state index is -0.510. The number of carbonyl (C=O) groups excluding carboxylic acids is 1. The Balaban J connectivity index is 1.64. The summed E-state index contributed by atoms with van der Waals surface area (Å²) in [6, 6.07) is 12.0. The number of carbonyl (C=O) groups is 1. The molecule has 10 heteroatoms. The summed E-state index contributed by atoms with van der Waals surface area (Å²) in [5, 5.41) is 13.1. The summed E-state index contributed by atoms with van der Waals surface area (Å²) >= 11 is 6.21. The first-order chi connectivity index (χ1) is 16.2. The predicted molar refractivity (Wildman–Crippen MR) is 132 cm³/mol. The van der Waals surface area contributed by atoms with Crippen molar-refractivity contribution in [2.75, 3.05) is 24.7 Å². The van der Waals surface area contributed by atoms with Gasteiger partial charge in [0.2, 0.25) is 5.95 Å². The van der Waals surface area contributed by atoms with Crippen molar-refractivity contribution < 1.29 is 9.18 Å². The molecular formula is C24H23ClFN7O. The molecule has 0 aliphatic carbocycles. The fourth-order valence-corrected chi connectivity index (χ4v) is 3.59. The highest BCUT2D eigenvalue weighted by molar-refractivity contribution is 6.32. The van der Waals surface area contributed by atoms with Crippen LogP contribution in [-0.2, 0) is 0 Å². The van der Waals surface area contributed by atoms with Crippen LogP contribution in [-0.4, -0.2) is 45.1 Å². The molecule has 2 aromatic carbocycles. The van der Waals surface area contributed by atoms with Gasteiger partial charge in [0, 0.05) is 31.4 Å². The molecule has 0 unspecified atom stereocenters. The van der Waals surface area contributed by atoms with Gasteiger partial charge in [-0.15, -0.1) is 0 Å². The van der Waals surface area contributed by atoms with Crippen LogP contribution in [0.4, 0.5) is 27.7 Å². The van der Waals surface area contributed by atoms with Crippen molar-refractivity contribution >= 4 is 40.8 Å². The van der Waals surface area contributed by atoms with E-state index in [1.165, 1.54) is 17.2 Å². The van der Waals surface area contributed by atoms with Crippen molar-refractivity contribution in [2.24, 2.45) is 0 Å². The van der Waals surface area contributed by atoms with Crippen molar-refractivity contribution in [2.45, 2.75) is 13.8 Å². The number of benzene rings is 2. The number of amides is 1. The summed E-state index contributed by atoms with van der Waals surface area (Å²) in [4.78, 5) is 22.6. The first-order valence-corrected chi connectivity index (χ1v) is 10.8. The molecule has 1 amide bonds. The summed E-state index contributed by atoms with van der Waals surface area (Å²) in [5.41, 5.74) is 3.64. The van der Waals surface area contributed by atoms with E-state index in [9.17, 15) is 4.79 Å². The van der Waals surface area contributed by atoms with E-state index in [0.717, 1.165) is 11.3 Å². The van der Waals surface area contributed by atoms with Crippen molar-refractivity contribution in [1.29, 1.82) is 0 Å². The number of aromatic nitrogens is 4. The Morgan fingerprint density at radius 1 is 1.09 bits per heavy atom. The Kier molecular flexibility index (Phi) is 6.47. The van der Waals surface area contributed by atoms with Crippen LogP contribution in [0.2, 0.25) is 5.02 Å². The molecule has 2 heterocycles. The van der Waals surface area contributed by atoms with Crippen LogP contribution in [0, 0.1) is 19.7 Å². The summed E-state index contributed by atoms with van der Waals surface area (Å²) in [7, 11) is 3.37. The lowest BCUT2D eigenvalue weighted by Gasteiger charge is -2.17. The number of nitrogens with zero attached hydrogens (tertiary/aromatic N) is 4. The van der Waals surface area contributed by atoms with E-state index in [1.807, 2.05) is 26.0 Å². The van der Waals surface area contributed by atoms with E-state index in [0.29, 0.717) is 33.3 Å². The van der Waals surface area contributed by atoms with Gasteiger partial charge in [-0.2, -0.15) is 10.1 Å². The van der Waals surface area contributed by atoms with E-state index >= 15 is 4.39 Å². The van der Waals surface area contributed by atoms with Crippen molar-refractivity contribution in [1.82, 2.24) is 25.1 Å². The Labute approximate surface area is 201 Å². The highest BCUT2D eigenvalue weighted by atomic mass is 35.5. The van der Waals surface area contributed by atoms with Gasteiger partial charge in [-0.3, -0.25) is 9.89 Å². The maximum absolute atomic E-state index is 15.2. The number of anilines is 4. The van der Waals surface area contributed by atoms with Gasteiger partial charge < -0.3 is 15.5 Å². The maximum atomic E-state index is 15.2. The van der Waals surface area contributed by atoms with Gasteiger partial charge in [-0.05, 0) is 48.7 Å². The molecule has 0 atom stereocenters. The highest BCUT2D eigenvalue weighted by Crippen LogP contribution is 2.32. The number of aryl methyl sites for hydroxylation is 2. The Hall–Kier alpha value is -3.98. The van der Waals surface area contributed by atoms with Crippen LogP contribution in [0.5, 0.6) is 0 Å².